The van der Waals surface area contributed by atoms with E-state index in [4.69, 9.17) is 10.6 Å². The van der Waals surface area contributed by atoms with Gasteiger partial charge in [-0.05, 0) is 32.5 Å². The fraction of sp³-hybridized carbons (Fsp3) is 0.417. The number of halogens is 2. The third-order valence-electron chi connectivity index (χ3n) is 1.36. The van der Waals surface area contributed by atoms with Gasteiger partial charge in [-0.1, -0.05) is 12.1 Å². The highest BCUT2D eigenvalue weighted by molar-refractivity contribution is 5.78. The lowest BCUT2D eigenvalue weighted by atomic mass is 10.2. The van der Waals surface area contributed by atoms with Crippen molar-refractivity contribution in [2.24, 2.45) is 10.9 Å². The number of hydrogen-bond acceptors (Lipinski definition) is 3. The van der Waals surface area contributed by atoms with Crippen LogP contribution in [-0.2, 0) is 4.84 Å². The van der Waals surface area contributed by atoms with Crippen molar-refractivity contribution in [2.45, 2.75) is 26.9 Å². The van der Waals surface area contributed by atoms with Crippen molar-refractivity contribution < 1.29 is 13.6 Å². The van der Waals surface area contributed by atoms with Crippen LogP contribution in [0.4, 0.5) is 8.78 Å². The molecule has 0 atom stereocenters. The molecule has 0 saturated heterocycles. The Morgan fingerprint density at radius 2 is 1.76 bits per heavy atom. The van der Waals surface area contributed by atoms with E-state index in [2.05, 4.69) is 5.16 Å². The summed E-state index contributed by atoms with van der Waals surface area (Å²) in [7, 11) is 0. The van der Waals surface area contributed by atoms with Crippen LogP contribution < -0.4 is 5.73 Å². The van der Waals surface area contributed by atoms with E-state index < -0.39 is 11.6 Å². The molecule has 0 heterocycles. The molecular weight excluding hydrogens is 226 g/mol. The highest BCUT2D eigenvalue weighted by Crippen LogP contribution is 2.05. The molecule has 1 rings (SSSR count). The fourth-order valence-corrected chi connectivity index (χ4v) is 0.863. The van der Waals surface area contributed by atoms with E-state index in [-0.39, 0.29) is 6.10 Å². The molecule has 3 nitrogen and oxygen atoms in total. The first-order valence-corrected chi connectivity index (χ1v) is 5.35. The Bertz CT molecular complexity index is 334. The Morgan fingerprint density at radius 3 is 2.18 bits per heavy atom. The van der Waals surface area contributed by atoms with E-state index in [0.717, 1.165) is 12.6 Å². The lowest BCUT2D eigenvalue weighted by Crippen LogP contribution is -1.96. The highest BCUT2D eigenvalue weighted by Gasteiger charge is 1.98. The molecule has 0 aromatic heterocycles. The number of nitrogens with two attached hydrogens (primary N) is 1. The number of benzene rings is 1. The second-order valence-corrected chi connectivity index (χ2v) is 3.50. The Labute approximate surface area is 100 Å². The molecule has 0 fully saturated rings. The summed E-state index contributed by atoms with van der Waals surface area (Å²) >= 11 is 0. The van der Waals surface area contributed by atoms with Gasteiger partial charge in [-0.3, -0.25) is 0 Å². The van der Waals surface area contributed by atoms with Crippen molar-refractivity contribution in [2.75, 3.05) is 6.54 Å². The van der Waals surface area contributed by atoms with Gasteiger partial charge in [-0.2, -0.15) is 0 Å². The van der Waals surface area contributed by atoms with Crippen molar-refractivity contribution >= 4 is 6.21 Å². The highest BCUT2D eigenvalue weighted by atomic mass is 19.1. The van der Waals surface area contributed by atoms with E-state index in [0.29, 0.717) is 5.56 Å². The van der Waals surface area contributed by atoms with E-state index in [1.54, 1.807) is 0 Å². The van der Waals surface area contributed by atoms with Crippen LogP contribution in [0.2, 0.25) is 0 Å². The van der Waals surface area contributed by atoms with Gasteiger partial charge in [0.2, 0.25) is 0 Å². The summed E-state index contributed by atoms with van der Waals surface area (Å²) < 4.78 is 25.3. The van der Waals surface area contributed by atoms with Gasteiger partial charge in [0, 0.05) is 11.6 Å². The topological polar surface area (TPSA) is 47.6 Å². The zero-order valence-electron chi connectivity index (χ0n) is 10.3. The molecule has 1 aromatic rings. The molecule has 0 radical (unpaired) electrons. The van der Waals surface area contributed by atoms with Crippen LogP contribution >= 0.6 is 0 Å². The van der Waals surface area contributed by atoms with Crippen molar-refractivity contribution in [1.82, 2.24) is 0 Å². The van der Waals surface area contributed by atoms with Gasteiger partial charge in [0.15, 0.2) is 0 Å². The molecule has 0 unspecified atom stereocenters. The van der Waals surface area contributed by atoms with Crippen LogP contribution in [0.15, 0.2) is 23.4 Å². The maximum absolute atomic E-state index is 12.7. The van der Waals surface area contributed by atoms with Crippen LogP contribution in [0, 0.1) is 11.6 Å². The standard InChI is InChI=1S/C10H11F2NO.C2H7N/c1-7(2)14-13-6-8-3-9(11)5-10(12)4-8;1-2-3/h3-7H,1-2H3;2-3H2,1H3/b13-6+;. The minimum atomic E-state index is -0.629. The largest absolute Gasteiger partial charge is 0.393 e. The first kappa shape index (κ1) is 15.5. The van der Waals surface area contributed by atoms with E-state index in [1.165, 1.54) is 18.3 Å². The average molecular weight is 244 g/mol. The normalized spacial score (nSPS) is 10.3. The fourth-order valence-electron chi connectivity index (χ4n) is 0.863. The zero-order chi connectivity index (χ0) is 13.3. The van der Waals surface area contributed by atoms with Crippen LogP contribution in [0.5, 0.6) is 0 Å². The van der Waals surface area contributed by atoms with Gasteiger partial charge in [-0.15, -0.1) is 0 Å². The molecule has 2 N–H and O–H groups in total. The van der Waals surface area contributed by atoms with Gasteiger partial charge in [0.1, 0.15) is 17.7 Å². The average Bonchev–Trinajstić information content (AvgIpc) is 2.16. The molecule has 5 heteroatoms. The van der Waals surface area contributed by atoms with Crippen LogP contribution in [0.25, 0.3) is 0 Å². The maximum Gasteiger partial charge on any atom is 0.126 e. The summed E-state index contributed by atoms with van der Waals surface area (Å²) in [6, 6.07) is 3.16. The smallest absolute Gasteiger partial charge is 0.126 e. The molecule has 96 valence electrons. The second kappa shape index (κ2) is 8.64. The molecule has 0 aliphatic rings. The van der Waals surface area contributed by atoms with Crippen LogP contribution in [-0.4, -0.2) is 18.9 Å². The first-order chi connectivity index (χ1) is 7.99. The molecular formula is C12H18F2N2O. The Hall–Kier alpha value is -1.49. The summed E-state index contributed by atoms with van der Waals surface area (Å²) in [4.78, 5) is 4.85. The van der Waals surface area contributed by atoms with E-state index in [9.17, 15) is 8.78 Å². The second-order valence-electron chi connectivity index (χ2n) is 3.50. The Morgan fingerprint density at radius 1 is 1.29 bits per heavy atom. The van der Waals surface area contributed by atoms with Gasteiger partial charge in [-0.25, -0.2) is 8.78 Å². The Balaban J connectivity index is 0.000000770. The van der Waals surface area contributed by atoms with E-state index >= 15 is 0 Å². The van der Waals surface area contributed by atoms with Gasteiger partial charge in [0.25, 0.3) is 0 Å². The summed E-state index contributed by atoms with van der Waals surface area (Å²) in [6.07, 6.45) is 1.22. The molecule has 0 saturated carbocycles. The summed E-state index contributed by atoms with van der Waals surface area (Å²) in [5, 5.41) is 3.57. The van der Waals surface area contributed by atoms with Crippen molar-refractivity contribution in [3.63, 3.8) is 0 Å². The van der Waals surface area contributed by atoms with Crippen molar-refractivity contribution in [3.05, 3.63) is 35.4 Å². The quantitative estimate of drug-likeness (QED) is 0.656. The number of oxime groups is 1. The molecule has 17 heavy (non-hydrogen) atoms. The molecule has 0 aliphatic heterocycles. The van der Waals surface area contributed by atoms with Crippen molar-refractivity contribution in [3.8, 4) is 0 Å². The third kappa shape index (κ3) is 8.33. The predicted octanol–water partition coefficient (Wildman–Crippen LogP) is 2.69. The van der Waals surface area contributed by atoms with Gasteiger partial charge in [0.05, 0.1) is 6.21 Å². The lowest BCUT2D eigenvalue weighted by molar-refractivity contribution is 0.0873. The summed E-state index contributed by atoms with van der Waals surface area (Å²) in [5.74, 6) is -1.26. The van der Waals surface area contributed by atoms with Gasteiger partial charge < -0.3 is 10.6 Å². The summed E-state index contributed by atoms with van der Waals surface area (Å²) in [6.45, 7) is 6.27. The van der Waals surface area contributed by atoms with Gasteiger partial charge >= 0.3 is 0 Å². The van der Waals surface area contributed by atoms with Crippen molar-refractivity contribution in [1.29, 1.82) is 0 Å². The molecule has 0 bridgehead atoms. The predicted molar refractivity (Wildman–Crippen MR) is 64.9 cm³/mol. The van der Waals surface area contributed by atoms with Crippen LogP contribution in [0.1, 0.15) is 26.3 Å². The molecule has 1 aromatic carbocycles. The van der Waals surface area contributed by atoms with Crippen LogP contribution in [0.3, 0.4) is 0 Å². The number of rotatable bonds is 3. The minimum absolute atomic E-state index is 0.0512. The monoisotopic (exact) mass is 244 g/mol. The zero-order valence-corrected chi connectivity index (χ0v) is 10.3. The number of nitrogens with zero attached hydrogens (tertiary/aromatic N) is 1. The SMILES string of the molecule is CC(C)O/N=C/c1cc(F)cc(F)c1.CCN. The summed E-state index contributed by atoms with van der Waals surface area (Å²) in [5.41, 5.74) is 5.18. The molecule has 0 aliphatic carbocycles. The lowest BCUT2D eigenvalue weighted by Gasteiger charge is -2.00. The minimum Gasteiger partial charge on any atom is -0.393 e. The van der Waals surface area contributed by atoms with E-state index in [1.807, 2.05) is 20.8 Å². The molecule has 0 spiro atoms. The molecule has 0 amide bonds. The number of hydrogen-bond donors (Lipinski definition) is 1. The Kier molecular flexibility index (Phi) is 7.88. The first-order valence-electron chi connectivity index (χ1n) is 5.35. The maximum atomic E-state index is 12.7. The third-order valence-corrected chi connectivity index (χ3v) is 1.36.